The van der Waals surface area contributed by atoms with Crippen molar-refractivity contribution in [3.8, 4) is 0 Å². The van der Waals surface area contributed by atoms with Crippen LogP contribution in [0.2, 0.25) is 0 Å². The Kier molecular flexibility index (Phi) is 4.59. The number of allylic oxidation sites excluding steroid dienone is 1. The molecule has 0 aliphatic carbocycles. The van der Waals surface area contributed by atoms with Crippen molar-refractivity contribution in [2.45, 2.75) is 0 Å². The van der Waals surface area contributed by atoms with Crippen LogP contribution in [-0.4, -0.2) is 43.6 Å². The Labute approximate surface area is 72.8 Å². The van der Waals surface area contributed by atoms with Gasteiger partial charge in [0.05, 0.1) is 13.2 Å². The highest BCUT2D eigenvalue weighted by atomic mass is 35.5. The molecular formula is C8H14ClNO. The van der Waals surface area contributed by atoms with Gasteiger partial charge in [-0.05, 0) is 0 Å². The molecule has 0 aromatic carbocycles. The van der Waals surface area contributed by atoms with Crippen LogP contribution in [-0.2, 0) is 4.74 Å². The Morgan fingerprint density at radius 1 is 1.27 bits per heavy atom. The Morgan fingerprint density at radius 3 is 2.64 bits per heavy atom. The molecule has 11 heavy (non-hydrogen) atoms. The van der Waals surface area contributed by atoms with Gasteiger partial charge in [-0.25, -0.2) is 0 Å². The molecule has 0 bridgehead atoms. The first kappa shape index (κ1) is 9.04. The Hall–Kier alpha value is -0.0500. The van der Waals surface area contributed by atoms with Gasteiger partial charge in [0.1, 0.15) is 0 Å². The standard InChI is InChI=1S/C8H14ClNO/c9-3-1-2-4-10-5-7-11-8-6-10/h1-2H,3-8H2. The maximum Gasteiger partial charge on any atom is 0.0594 e. The molecule has 0 aromatic heterocycles. The zero-order valence-corrected chi connectivity index (χ0v) is 7.39. The molecule has 1 fully saturated rings. The van der Waals surface area contributed by atoms with Crippen LogP contribution in [0.15, 0.2) is 12.2 Å². The van der Waals surface area contributed by atoms with E-state index in [9.17, 15) is 0 Å². The molecule has 64 valence electrons. The van der Waals surface area contributed by atoms with Crippen LogP contribution in [0.4, 0.5) is 0 Å². The van der Waals surface area contributed by atoms with Crippen LogP contribution < -0.4 is 0 Å². The minimum Gasteiger partial charge on any atom is -0.379 e. The van der Waals surface area contributed by atoms with Gasteiger partial charge in [0.25, 0.3) is 0 Å². The molecule has 1 aliphatic rings. The minimum absolute atomic E-state index is 0.615. The normalized spacial score (nSPS) is 21.2. The Balaban J connectivity index is 2.09. The zero-order valence-electron chi connectivity index (χ0n) is 6.63. The molecule has 1 aliphatic heterocycles. The summed E-state index contributed by atoms with van der Waals surface area (Å²) in [6, 6.07) is 0. The summed E-state index contributed by atoms with van der Waals surface area (Å²) >= 11 is 5.49. The van der Waals surface area contributed by atoms with Crippen molar-refractivity contribution in [2.75, 3.05) is 38.7 Å². The second kappa shape index (κ2) is 5.58. The lowest BCUT2D eigenvalue weighted by molar-refractivity contribution is 0.0434. The molecule has 3 heteroatoms. The summed E-state index contributed by atoms with van der Waals surface area (Å²) in [5, 5.41) is 0. The van der Waals surface area contributed by atoms with Crippen LogP contribution >= 0.6 is 11.6 Å². The molecule has 0 N–H and O–H groups in total. The lowest BCUT2D eigenvalue weighted by Gasteiger charge is -2.24. The first-order valence-corrected chi connectivity index (χ1v) is 4.48. The quantitative estimate of drug-likeness (QED) is 0.471. The number of ether oxygens (including phenoxy) is 1. The van der Waals surface area contributed by atoms with Crippen molar-refractivity contribution >= 4 is 11.6 Å². The van der Waals surface area contributed by atoms with Gasteiger partial charge >= 0.3 is 0 Å². The molecule has 1 heterocycles. The van der Waals surface area contributed by atoms with E-state index in [-0.39, 0.29) is 0 Å². The molecule has 0 saturated carbocycles. The second-order valence-electron chi connectivity index (χ2n) is 2.54. The first-order chi connectivity index (χ1) is 5.43. The van der Waals surface area contributed by atoms with Crippen LogP contribution in [0.1, 0.15) is 0 Å². The van der Waals surface area contributed by atoms with Crippen LogP contribution in [0.25, 0.3) is 0 Å². The third-order valence-electron chi connectivity index (χ3n) is 1.72. The highest BCUT2D eigenvalue weighted by Gasteiger charge is 2.06. The summed E-state index contributed by atoms with van der Waals surface area (Å²) in [6.45, 7) is 4.85. The first-order valence-electron chi connectivity index (χ1n) is 3.94. The number of hydrogen-bond acceptors (Lipinski definition) is 2. The van der Waals surface area contributed by atoms with Gasteiger partial charge in [0, 0.05) is 25.5 Å². The van der Waals surface area contributed by atoms with Crippen LogP contribution in [0.3, 0.4) is 0 Å². The molecular weight excluding hydrogens is 162 g/mol. The van der Waals surface area contributed by atoms with Crippen molar-refractivity contribution < 1.29 is 4.74 Å². The summed E-state index contributed by atoms with van der Waals surface area (Å²) in [5.74, 6) is 0.615. The maximum atomic E-state index is 5.49. The van der Waals surface area contributed by atoms with Crippen molar-refractivity contribution in [3.63, 3.8) is 0 Å². The average Bonchev–Trinajstić information content (AvgIpc) is 2.07. The number of hydrogen-bond donors (Lipinski definition) is 0. The van der Waals surface area contributed by atoms with Crippen molar-refractivity contribution in [1.82, 2.24) is 4.90 Å². The molecule has 1 saturated heterocycles. The zero-order chi connectivity index (χ0) is 7.94. The topological polar surface area (TPSA) is 12.5 Å². The molecule has 0 unspecified atom stereocenters. The fourth-order valence-electron chi connectivity index (χ4n) is 1.07. The van der Waals surface area contributed by atoms with E-state index in [4.69, 9.17) is 16.3 Å². The summed E-state index contributed by atoms with van der Waals surface area (Å²) in [7, 11) is 0. The molecule has 0 aromatic rings. The van der Waals surface area contributed by atoms with Gasteiger partial charge in [-0.2, -0.15) is 0 Å². The number of morpholine rings is 1. The SMILES string of the molecule is ClCC=CCN1CCOCC1. The summed E-state index contributed by atoms with van der Waals surface area (Å²) in [5.41, 5.74) is 0. The van der Waals surface area contributed by atoms with Gasteiger partial charge in [0.2, 0.25) is 0 Å². The van der Waals surface area contributed by atoms with Crippen LogP contribution in [0, 0.1) is 0 Å². The van der Waals surface area contributed by atoms with E-state index in [2.05, 4.69) is 11.0 Å². The summed E-state index contributed by atoms with van der Waals surface area (Å²) < 4.78 is 5.21. The van der Waals surface area contributed by atoms with E-state index < -0.39 is 0 Å². The van der Waals surface area contributed by atoms with Gasteiger partial charge in [-0.15, -0.1) is 11.6 Å². The van der Waals surface area contributed by atoms with E-state index in [0.717, 1.165) is 32.8 Å². The highest BCUT2D eigenvalue weighted by Crippen LogP contribution is 1.96. The fraction of sp³-hybridized carbons (Fsp3) is 0.750. The number of alkyl halides is 1. The van der Waals surface area contributed by atoms with E-state index in [1.54, 1.807) is 0 Å². The lowest BCUT2D eigenvalue weighted by Crippen LogP contribution is -2.36. The number of nitrogens with zero attached hydrogens (tertiary/aromatic N) is 1. The number of halogens is 1. The largest absolute Gasteiger partial charge is 0.379 e. The summed E-state index contributed by atoms with van der Waals surface area (Å²) in [4.78, 5) is 2.35. The Morgan fingerprint density at radius 2 is 2.00 bits per heavy atom. The summed E-state index contributed by atoms with van der Waals surface area (Å²) in [6.07, 6.45) is 4.09. The molecule has 1 rings (SSSR count). The van der Waals surface area contributed by atoms with Gasteiger partial charge in [-0.3, -0.25) is 4.90 Å². The Bertz CT molecular complexity index is 121. The van der Waals surface area contributed by atoms with Crippen molar-refractivity contribution in [3.05, 3.63) is 12.2 Å². The minimum atomic E-state index is 0.615. The van der Waals surface area contributed by atoms with E-state index in [0.29, 0.717) is 5.88 Å². The number of rotatable bonds is 3. The van der Waals surface area contributed by atoms with Gasteiger partial charge in [-0.1, -0.05) is 12.2 Å². The third-order valence-corrected chi connectivity index (χ3v) is 1.90. The molecule has 0 spiro atoms. The van der Waals surface area contributed by atoms with Crippen LogP contribution in [0.5, 0.6) is 0 Å². The van der Waals surface area contributed by atoms with E-state index >= 15 is 0 Å². The van der Waals surface area contributed by atoms with E-state index in [1.807, 2.05) is 6.08 Å². The molecule has 2 nitrogen and oxygen atoms in total. The third kappa shape index (κ3) is 3.75. The molecule has 0 radical (unpaired) electrons. The highest BCUT2D eigenvalue weighted by molar-refractivity contribution is 6.18. The van der Waals surface area contributed by atoms with Crippen molar-refractivity contribution in [2.24, 2.45) is 0 Å². The lowest BCUT2D eigenvalue weighted by atomic mass is 10.4. The second-order valence-corrected chi connectivity index (χ2v) is 2.85. The molecule has 0 atom stereocenters. The average molecular weight is 176 g/mol. The maximum absolute atomic E-state index is 5.49. The predicted molar refractivity (Wildman–Crippen MR) is 47.1 cm³/mol. The monoisotopic (exact) mass is 175 g/mol. The molecule has 0 amide bonds. The smallest absolute Gasteiger partial charge is 0.0594 e. The predicted octanol–water partition coefficient (Wildman–Crippen LogP) is 1.11. The van der Waals surface area contributed by atoms with Gasteiger partial charge in [0.15, 0.2) is 0 Å². The van der Waals surface area contributed by atoms with E-state index in [1.165, 1.54) is 0 Å². The van der Waals surface area contributed by atoms with Crippen molar-refractivity contribution in [1.29, 1.82) is 0 Å². The fourth-order valence-corrected chi connectivity index (χ4v) is 1.20. The van der Waals surface area contributed by atoms with Gasteiger partial charge < -0.3 is 4.74 Å².